The number of nitrogens with zero attached hydrogens (tertiary/aromatic N) is 2. The Balaban J connectivity index is 1.32. The van der Waals surface area contributed by atoms with Gasteiger partial charge in [-0.3, -0.25) is 4.79 Å². The van der Waals surface area contributed by atoms with E-state index in [9.17, 15) is 4.79 Å². The van der Waals surface area contributed by atoms with Crippen LogP contribution in [-0.2, 0) is 24.4 Å². The van der Waals surface area contributed by atoms with Crippen molar-refractivity contribution in [2.75, 3.05) is 10.6 Å². The first-order chi connectivity index (χ1) is 12.8. The first-order valence-electron chi connectivity index (χ1n) is 8.42. The lowest BCUT2D eigenvalue weighted by molar-refractivity contribution is -0.116. The summed E-state index contributed by atoms with van der Waals surface area (Å²) in [5.74, 6) is 1.15. The van der Waals surface area contributed by atoms with E-state index in [1.165, 1.54) is 0 Å². The van der Waals surface area contributed by atoms with Crippen molar-refractivity contribution in [3.8, 4) is 5.75 Å². The Kier molecular flexibility index (Phi) is 4.51. The fourth-order valence-corrected chi connectivity index (χ4v) is 2.75. The maximum Gasteiger partial charge on any atom is 0.315 e. The number of amides is 1. The molecule has 0 radical (unpaired) electrons. The number of benzene rings is 2. The van der Waals surface area contributed by atoms with Crippen LogP contribution in [0.3, 0.4) is 0 Å². The highest BCUT2D eigenvalue weighted by molar-refractivity contribution is 5.93. The van der Waals surface area contributed by atoms with E-state index in [1.54, 1.807) is 0 Å². The molecule has 26 heavy (non-hydrogen) atoms. The number of fused-ring (bicyclic) bond motifs is 1. The second kappa shape index (κ2) is 7.26. The highest BCUT2D eigenvalue weighted by Gasteiger charge is 2.15. The van der Waals surface area contributed by atoms with Gasteiger partial charge < -0.3 is 19.8 Å². The molecule has 1 aliphatic rings. The Morgan fingerprint density at radius 2 is 2.00 bits per heavy atom. The van der Waals surface area contributed by atoms with E-state index in [1.807, 2.05) is 48.5 Å². The summed E-state index contributed by atoms with van der Waals surface area (Å²) in [5.41, 5.74) is 3.04. The van der Waals surface area contributed by atoms with Crippen LogP contribution in [-0.4, -0.2) is 16.1 Å². The monoisotopic (exact) mass is 350 g/mol. The van der Waals surface area contributed by atoms with E-state index < -0.39 is 0 Å². The van der Waals surface area contributed by atoms with Crippen LogP contribution in [0.5, 0.6) is 5.75 Å². The van der Waals surface area contributed by atoms with Crippen LogP contribution in [0.1, 0.15) is 23.4 Å². The molecule has 1 aliphatic heterocycles. The van der Waals surface area contributed by atoms with Crippen molar-refractivity contribution >= 4 is 17.6 Å². The summed E-state index contributed by atoms with van der Waals surface area (Å²) in [7, 11) is 0. The first kappa shape index (κ1) is 16.1. The molecular weight excluding hydrogens is 332 g/mol. The molecule has 0 bridgehead atoms. The quantitative estimate of drug-likeness (QED) is 0.710. The second-order valence-corrected chi connectivity index (χ2v) is 6.00. The Morgan fingerprint density at radius 1 is 1.12 bits per heavy atom. The van der Waals surface area contributed by atoms with Crippen molar-refractivity contribution in [3.05, 3.63) is 65.5 Å². The number of hydrogen-bond acceptors (Lipinski definition) is 6. The van der Waals surface area contributed by atoms with Gasteiger partial charge in [-0.2, -0.15) is 0 Å². The number of aryl methyl sites for hydroxylation is 1. The van der Waals surface area contributed by atoms with Crippen LogP contribution < -0.4 is 15.4 Å². The van der Waals surface area contributed by atoms with Crippen LogP contribution in [0, 0.1) is 0 Å². The largest absolute Gasteiger partial charge is 0.484 e. The summed E-state index contributed by atoms with van der Waals surface area (Å²) >= 11 is 0. The number of nitrogens with one attached hydrogen (secondary N) is 2. The molecule has 2 N–H and O–H groups in total. The molecule has 7 heteroatoms. The minimum atomic E-state index is 0.0487. The van der Waals surface area contributed by atoms with Crippen LogP contribution in [0.25, 0.3) is 0 Å². The molecule has 2 heterocycles. The zero-order valence-corrected chi connectivity index (χ0v) is 14.1. The predicted octanol–water partition coefficient (Wildman–Crippen LogP) is 3.15. The van der Waals surface area contributed by atoms with Gasteiger partial charge in [-0.05, 0) is 35.7 Å². The Bertz CT molecular complexity index is 908. The van der Waals surface area contributed by atoms with Gasteiger partial charge in [0, 0.05) is 18.7 Å². The van der Waals surface area contributed by atoms with Crippen molar-refractivity contribution in [3.63, 3.8) is 0 Å². The third-order valence-corrected chi connectivity index (χ3v) is 4.09. The van der Waals surface area contributed by atoms with Gasteiger partial charge in [0.05, 0.1) is 0 Å². The number of ether oxygens (including phenoxy) is 1. The molecule has 0 saturated heterocycles. The van der Waals surface area contributed by atoms with Gasteiger partial charge >= 0.3 is 6.01 Å². The minimum absolute atomic E-state index is 0.0487. The maximum atomic E-state index is 11.4. The van der Waals surface area contributed by atoms with Crippen molar-refractivity contribution in [2.24, 2.45) is 0 Å². The summed E-state index contributed by atoms with van der Waals surface area (Å²) in [5, 5.41) is 13.9. The lowest BCUT2D eigenvalue weighted by atomic mass is 10.0. The van der Waals surface area contributed by atoms with Gasteiger partial charge in [0.25, 0.3) is 5.89 Å². The standard InChI is InChI=1S/C19H18N4O3/c24-17-9-6-14-10-15(7-8-16(14)21-17)25-12-18-22-23-19(26-18)20-11-13-4-2-1-3-5-13/h1-5,7-8,10H,6,9,11-12H2,(H,20,23)(H,21,24). The Hall–Kier alpha value is -3.35. The Labute approximate surface area is 150 Å². The van der Waals surface area contributed by atoms with E-state index in [2.05, 4.69) is 20.8 Å². The molecule has 0 saturated carbocycles. The Morgan fingerprint density at radius 3 is 2.88 bits per heavy atom. The molecule has 1 amide bonds. The van der Waals surface area contributed by atoms with E-state index in [-0.39, 0.29) is 12.5 Å². The molecule has 3 aromatic rings. The number of rotatable bonds is 6. The number of hydrogen-bond donors (Lipinski definition) is 2. The summed E-state index contributed by atoms with van der Waals surface area (Å²) < 4.78 is 11.3. The zero-order valence-electron chi connectivity index (χ0n) is 14.1. The average molecular weight is 350 g/mol. The third-order valence-electron chi connectivity index (χ3n) is 4.09. The van der Waals surface area contributed by atoms with Crippen LogP contribution in [0.15, 0.2) is 52.9 Å². The van der Waals surface area contributed by atoms with Gasteiger partial charge in [-0.15, -0.1) is 5.10 Å². The predicted molar refractivity (Wildman–Crippen MR) is 95.8 cm³/mol. The maximum absolute atomic E-state index is 11.4. The molecule has 1 aromatic heterocycles. The number of anilines is 2. The topological polar surface area (TPSA) is 89.3 Å². The molecule has 132 valence electrons. The van der Waals surface area contributed by atoms with Crippen LogP contribution >= 0.6 is 0 Å². The van der Waals surface area contributed by atoms with Crippen molar-refractivity contribution in [1.29, 1.82) is 0 Å². The molecule has 0 spiro atoms. The molecule has 0 atom stereocenters. The molecule has 0 fully saturated rings. The second-order valence-electron chi connectivity index (χ2n) is 6.00. The highest BCUT2D eigenvalue weighted by Crippen LogP contribution is 2.27. The summed E-state index contributed by atoms with van der Waals surface area (Å²) in [6.45, 7) is 0.797. The van der Waals surface area contributed by atoms with Crippen molar-refractivity contribution < 1.29 is 13.9 Å². The van der Waals surface area contributed by atoms with Crippen LogP contribution in [0.4, 0.5) is 11.7 Å². The highest BCUT2D eigenvalue weighted by atomic mass is 16.5. The summed E-state index contributed by atoms with van der Waals surface area (Å²) in [4.78, 5) is 11.4. The smallest absolute Gasteiger partial charge is 0.315 e. The lowest BCUT2D eigenvalue weighted by Gasteiger charge is -2.17. The molecule has 0 aliphatic carbocycles. The van der Waals surface area contributed by atoms with Gasteiger partial charge in [-0.1, -0.05) is 35.4 Å². The van der Waals surface area contributed by atoms with E-state index in [0.29, 0.717) is 37.0 Å². The summed E-state index contributed by atoms with van der Waals surface area (Å²) in [6, 6.07) is 15.9. The molecule has 0 unspecified atom stereocenters. The molecule has 7 nitrogen and oxygen atoms in total. The third kappa shape index (κ3) is 3.83. The van der Waals surface area contributed by atoms with E-state index in [0.717, 1.165) is 16.8 Å². The van der Waals surface area contributed by atoms with Crippen molar-refractivity contribution in [2.45, 2.75) is 26.0 Å². The van der Waals surface area contributed by atoms with E-state index in [4.69, 9.17) is 9.15 Å². The molecule has 2 aromatic carbocycles. The summed E-state index contributed by atoms with van der Waals surface area (Å²) in [6.07, 6.45) is 1.21. The number of carbonyl (C=O) groups excluding carboxylic acids is 1. The first-order valence-corrected chi connectivity index (χ1v) is 8.42. The van der Waals surface area contributed by atoms with Gasteiger partial charge in [0.1, 0.15) is 5.75 Å². The van der Waals surface area contributed by atoms with E-state index >= 15 is 0 Å². The van der Waals surface area contributed by atoms with Crippen molar-refractivity contribution in [1.82, 2.24) is 10.2 Å². The molecule has 4 rings (SSSR count). The minimum Gasteiger partial charge on any atom is -0.484 e. The number of carbonyl (C=O) groups is 1. The zero-order chi connectivity index (χ0) is 17.8. The molecular formula is C19H18N4O3. The normalized spacial score (nSPS) is 13.0. The van der Waals surface area contributed by atoms with Gasteiger partial charge in [0.2, 0.25) is 5.91 Å². The fraction of sp³-hybridized carbons (Fsp3) is 0.211. The average Bonchev–Trinajstić information content (AvgIpc) is 3.13. The van der Waals surface area contributed by atoms with Gasteiger partial charge in [-0.25, -0.2) is 0 Å². The number of aromatic nitrogens is 2. The SMILES string of the molecule is O=C1CCc2cc(OCc3nnc(NCc4ccccc4)o3)ccc2N1. The lowest BCUT2D eigenvalue weighted by Crippen LogP contribution is -2.18. The fourth-order valence-electron chi connectivity index (χ4n) is 2.75. The van der Waals surface area contributed by atoms with Crippen LogP contribution in [0.2, 0.25) is 0 Å². The van der Waals surface area contributed by atoms with Gasteiger partial charge in [0.15, 0.2) is 6.61 Å².